The van der Waals surface area contributed by atoms with Gasteiger partial charge in [0.15, 0.2) is 11.6 Å². The molecule has 0 spiro atoms. The third kappa shape index (κ3) is 31.2. The van der Waals surface area contributed by atoms with Crippen molar-refractivity contribution in [3.63, 3.8) is 0 Å². The fraction of sp³-hybridized carbons (Fsp3) is 0.600. The van der Waals surface area contributed by atoms with Crippen molar-refractivity contribution < 1.29 is 99.2 Å². The number of hydrogen-bond donors (Lipinski definition) is 3. The van der Waals surface area contributed by atoms with Gasteiger partial charge >= 0.3 is 12.1 Å². The van der Waals surface area contributed by atoms with E-state index >= 15 is 0 Å². The van der Waals surface area contributed by atoms with Gasteiger partial charge < -0.3 is 72.7 Å². The zero-order valence-corrected chi connectivity index (χ0v) is 56.8. The van der Waals surface area contributed by atoms with Crippen LogP contribution in [0, 0.1) is 12.8 Å². The van der Waals surface area contributed by atoms with Gasteiger partial charge in [0.25, 0.3) is 5.91 Å². The Morgan fingerprint density at radius 3 is 2.01 bits per heavy atom. The van der Waals surface area contributed by atoms with Crippen molar-refractivity contribution >= 4 is 40.9 Å². The highest BCUT2D eigenvalue weighted by Crippen LogP contribution is 2.35. The Bertz CT molecular complexity index is 3020. The predicted molar refractivity (Wildman–Crippen MR) is 354 cm³/mol. The lowest BCUT2D eigenvalue weighted by Crippen LogP contribution is -2.52. The molecule has 2 aromatic carbocycles. The third-order valence-corrected chi connectivity index (χ3v) is 15.1. The molecule has 538 valence electrons. The average molecular weight is 1370 g/mol. The number of ether oxygens (including phenoxy) is 11. The Kier molecular flexibility index (Phi) is 38.0. The van der Waals surface area contributed by atoms with E-state index in [0.717, 1.165) is 78.3 Å². The number of carboxylic acids is 1. The minimum absolute atomic E-state index is 0.0196. The number of benzene rings is 2. The van der Waals surface area contributed by atoms with Gasteiger partial charge in [-0.15, -0.1) is 0 Å². The topological polar surface area (TPSA) is 294 Å². The molecule has 2 fully saturated rings. The minimum atomic E-state index is -4.54. The van der Waals surface area contributed by atoms with Crippen LogP contribution in [0.5, 0.6) is 5.88 Å². The van der Waals surface area contributed by atoms with E-state index in [4.69, 9.17) is 62.9 Å². The molecule has 3 aliphatic heterocycles. The highest BCUT2D eigenvalue weighted by molar-refractivity contribution is 6.05. The molecule has 0 radical (unpaired) electrons. The lowest BCUT2D eigenvalue weighted by molar-refractivity contribution is -0.143. The first kappa shape index (κ1) is 80.8. The van der Waals surface area contributed by atoms with Gasteiger partial charge in [0, 0.05) is 106 Å². The van der Waals surface area contributed by atoms with E-state index < -0.39 is 29.5 Å². The standard InChI is InChI=1S/C32H36F3N3O8.C20H40O6.C18H23N3O4/c1-22-27(15-23(19-36-22)16-29(39)24-3-2-4-26(17-24)32(33,34)35)25-18-28(38-5-7-42-8-6-38)31(37-20-25)46-14-13-44-10-9-43-11-12-45-21-30(40)41;1-18(2)7-5-9-22-10-6-8-20(21)17-25-14-13-23-11-12-24-15-16-26-19(3)4;19-8-10-25-9-2-4-12-3-1-5-13-14(12)11-21(18(13)24)15-6-7-16(22)20-17(15)23/h2-4,15,17-20H,5-14,16,21H2,1H3,(H,40,41);18-19H,5-17H2,1-4H3;1,3,5,15H,2,4,6-11,19H2,(H,20,22,23). The number of piperidine rings is 1. The number of nitrogens with zero attached hydrogens (tertiary/aromatic N) is 4. The molecule has 97 heavy (non-hydrogen) atoms. The molecule has 5 heterocycles. The summed E-state index contributed by atoms with van der Waals surface area (Å²) in [7, 11) is 0. The third-order valence-electron chi connectivity index (χ3n) is 15.1. The maximum Gasteiger partial charge on any atom is 0.416 e. The lowest BCUT2D eigenvalue weighted by Gasteiger charge is -2.30. The molecule has 0 aliphatic carbocycles. The van der Waals surface area contributed by atoms with Crippen LogP contribution in [0.4, 0.5) is 18.9 Å². The van der Waals surface area contributed by atoms with E-state index in [2.05, 4.69) is 34.0 Å². The van der Waals surface area contributed by atoms with Gasteiger partial charge in [-0.1, -0.05) is 38.1 Å². The normalized spacial score (nSPS) is 14.7. The molecule has 4 N–H and O–H groups in total. The van der Waals surface area contributed by atoms with Crippen molar-refractivity contribution in [1.82, 2.24) is 20.2 Å². The Labute approximate surface area is 566 Å². The van der Waals surface area contributed by atoms with Gasteiger partial charge in [-0.05, 0) is 112 Å². The van der Waals surface area contributed by atoms with Crippen LogP contribution >= 0.6 is 0 Å². The highest BCUT2D eigenvalue weighted by atomic mass is 19.4. The lowest BCUT2D eigenvalue weighted by atomic mass is 9.98. The van der Waals surface area contributed by atoms with Gasteiger partial charge in [-0.2, -0.15) is 13.2 Å². The van der Waals surface area contributed by atoms with Crippen LogP contribution in [0.2, 0.25) is 0 Å². The number of alkyl halides is 3. The van der Waals surface area contributed by atoms with E-state index in [0.29, 0.717) is 148 Å². The SMILES string of the molecule is CC(C)CCCOCCCC(=O)COCCOCCOCCOC(C)C.Cc1ncc(CC(=O)c2cccc(C(F)(F)F)c2)cc1-c1cnc(OCCOCCOCCOCC(=O)O)c(N2CCOCC2)c1.NCCOCCCc1cccc2c1CN(C1CCC(=O)NC1=O)C2=O. The monoisotopic (exact) mass is 1370 g/mol. The summed E-state index contributed by atoms with van der Waals surface area (Å²) in [5.74, 6) is -1.01. The number of hydrogen-bond acceptors (Lipinski definition) is 21. The molecule has 24 nitrogen and oxygen atoms in total. The van der Waals surface area contributed by atoms with Gasteiger partial charge in [0.05, 0.1) is 104 Å². The number of ketones is 2. The van der Waals surface area contributed by atoms with Crippen molar-refractivity contribution in [1.29, 1.82) is 0 Å². The van der Waals surface area contributed by atoms with Crippen LogP contribution in [0.3, 0.4) is 0 Å². The quantitative estimate of drug-likeness (QED) is 0.0216. The molecular formula is C70H99F3N6O18. The summed E-state index contributed by atoms with van der Waals surface area (Å²) in [6.45, 7) is 20.7. The second-order valence-corrected chi connectivity index (χ2v) is 23.7. The van der Waals surface area contributed by atoms with Crippen LogP contribution in [0.25, 0.3) is 11.1 Å². The zero-order chi connectivity index (χ0) is 70.2. The number of carbonyl (C=O) groups excluding carboxylic acids is 5. The first-order valence-electron chi connectivity index (χ1n) is 33.3. The number of nitrogens with one attached hydrogen (secondary N) is 1. The fourth-order valence-electron chi connectivity index (χ4n) is 10.2. The van der Waals surface area contributed by atoms with Gasteiger partial charge in [0.2, 0.25) is 17.7 Å². The number of morpholine rings is 1. The number of rotatable bonds is 44. The molecule has 27 heteroatoms. The van der Waals surface area contributed by atoms with E-state index in [-0.39, 0.29) is 87.7 Å². The molecule has 1 unspecified atom stereocenters. The van der Waals surface area contributed by atoms with Crippen LogP contribution in [-0.2, 0) is 92.1 Å². The molecular weight excluding hydrogens is 1270 g/mol. The number of aliphatic carboxylic acids is 1. The number of aromatic nitrogens is 2. The number of nitrogens with two attached hydrogens (primary N) is 1. The first-order chi connectivity index (χ1) is 46.7. The van der Waals surface area contributed by atoms with Crippen molar-refractivity contribution in [2.75, 3.05) is 157 Å². The summed E-state index contributed by atoms with van der Waals surface area (Å²) in [6, 6.07) is 13.3. The average Bonchev–Trinajstić information content (AvgIpc) is 1.57. The number of carboxylic acid groups (broad SMARTS) is 1. The molecule has 2 aromatic heterocycles. The molecule has 7 rings (SSSR count). The van der Waals surface area contributed by atoms with Crippen molar-refractivity contribution in [2.24, 2.45) is 11.7 Å². The maximum absolute atomic E-state index is 13.2. The van der Waals surface area contributed by atoms with Gasteiger partial charge in [-0.25, -0.2) is 9.78 Å². The van der Waals surface area contributed by atoms with E-state index in [1.807, 2.05) is 45.0 Å². The van der Waals surface area contributed by atoms with Crippen molar-refractivity contribution in [3.8, 4) is 17.0 Å². The number of aryl methyl sites for hydroxylation is 2. The van der Waals surface area contributed by atoms with E-state index in [1.54, 1.807) is 23.4 Å². The summed E-state index contributed by atoms with van der Waals surface area (Å²) >= 11 is 0. The highest BCUT2D eigenvalue weighted by Gasteiger charge is 2.40. The number of Topliss-reactive ketones (excluding diaryl/α,β-unsaturated/α-hetero) is 2. The summed E-state index contributed by atoms with van der Waals surface area (Å²) in [6.07, 6.45) is 4.64. The largest absolute Gasteiger partial charge is 0.480 e. The molecule has 0 bridgehead atoms. The number of amides is 3. The van der Waals surface area contributed by atoms with Crippen molar-refractivity contribution in [3.05, 3.63) is 106 Å². The summed E-state index contributed by atoms with van der Waals surface area (Å²) in [5, 5.41) is 10.9. The van der Waals surface area contributed by atoms with E-state index in [9.17, 15) is 41.9 Å². The maximum atomic E-state index is 13.2. The molecule has 0 saturated carbocycles. The predicted octanol–water partition coefficient (Wildman–Crippen LogP) is 7.86. The van der Waals surface area contributed by atoms with Crippen LogP contribution in [0.1, 0.15) is 121 Å². The first-order valence-corrected chi connectivity index (χ1v) is 33.3. The number of anilines is 1. The van der Waals surface area contributed by atoms with Gasteiger partial charge in [-0.3, -0.25) is 34.3 Å². The zero-order valence-electron chi connectivity index (χ0n) is 56.8. The number of carbonyl (C=O) groups is 6. The fourth-order valence-corrected chi connectivity index (χ4v) is 10.2. The van der Waals surface area contributed by atoms with Crippen LogP contribution in [-0.4, -0.2) is 219 Å². The molecule has 4 aromatic rings. The number of pyridine rings is 2. The Balaban J connectivity index is 0.000000284. The summed E-state index contributed by atoms with van der Waals surface area (Å²) in [4.78, 5) is 83.8. The summed E-state index contributed by atoms with van der Waals surface area (Å²) < 4.78 is 99.1. The Hall–Kier alpha value is -6.89. The summed E-state index contributed by atoms with van der Waals surface area (Å²) in [5.41, 5.74) is 10.7. The van der Waals surface area contributed by atoms with Crippen LogP contribution in [0.15, 0.2) is 67.0 Å². The molecule has 3 amide bonds. The molecule has 3 aliphatic rings. The number of halogens is 3. The smallest absolute Gasteiger partial charge is 0.416 e. The molecule has 2 saturated heterocycles. The van der Waals surface area contributed by atoms with Crippen LogP contribution < -0.4 is 20.7 Å². The number of fused-ring (bicyclic) bond motifs is 1. The number of imide groups is 1. The second kappa shape index (κ2) is 45.6. The molecule has 1 atom stereocenters. The minimum Gasteiger partial charge on any atom is -0.480 e. The van der Waals surface area contributed by atoms with Crippen molar-refractivity contribution in [2.45, 2.75) is 117 Å². The van der Waals surface area contributed by atoms with E-state index in [1.165, 1.54) is 18.6 Å². The Morgan fingerprint density at radius 1 is 0.722 bits per heavy atom. The second-order valence-electron chi connectivity index (χ2n) is 23.7. The Morgan fingerprint density at radius 2 is 1.35 bits per heavy atom. The van der Waals surface area contributed by atoms with Gasteiger partial charge in [0.1, 0.15) is 31.5 Å².